The van der Waals surface area contributed by atoms with Gasteiger partial charge in [-0.25, -0.2) is 14.4 Å². The number of hydrogen-bond donors (Lipinski definition) is 1. The first kappa shape index (κ1) is 9.96. The van der Waals surface area contributed by atoms with Crippen LogP contribution in [0.5, 0.6) is 0 Å². The van der Waals surface area contributed by atoms with E-state index < -0.39 is 0 Å². The second-order valence-electron chi connectivity index (χ2n) is 3.85. The number of para-hydroxylation sites is 1. The van der Waals surface area contributed by atoms with Gasteiger partial charge in [0.05, 0.1) is 11.2 Å². The Morgan fingerprint density at radius 1 is 1.24 bits per heavy atom. The number of halogens is 1. The van der Waals surface area contributed by atoms with Crippen LogP contribution in [-0.4, -0.2) is 15.0 Å². The zero-order chi connectivity index (χ0) is 11.8. The van der Waals surface area contributed by atoms with Crippen molar-refractivity contribution in [3.05, 3.63) is 48.3 Å². The number of aryl methyl sites for hydroxylation is 1. The molecule has 0 aliphatic carbocycles. The topological polar surface area (TPSA) is 41.6 Å². The molecule has 3 aromatic rings. The Kier molecular flexibility index (Phi) is 2.14. The monoisotopic (exact) mass is 227 g/mol. The summed E-state index contributed by atoms with van der Waals surface area (Å²) in [5.41, 5.74) is 2.21. The Morgan fingerprint density at radius 2 is 2.12 bits per heavy atom. The molecule has 2 aromatic heterocycles. The number of nitrogens with one attached hydrogen (secondary N) is 1. The quantitative estimate of drug-likeness (QED) is 0.694. The Morgan fingerprint density at radius 3 is 2.94 bits per heavy atom. The Balaban J connectivity index is 2.28. The van der Waals surface area contributed by atoms with Gasteiger partial charge in [0.1, 0.15) is 11.6 Å². The van der Waals surface area contributed by atoms with Crippen LogP contribution < -0.4 is 0 Å². The largest absolute Gasteiger partial charge is 0.358 e. The predicted octanol–water partition coefficient (Wildman–Crippen LogP) is 3.07. The van der Waals surface area contributed by atoms with E-state index in [0.29, 0.717) is 11.3 Å². The number of aromatic nitrogens is 3. The molecule has 84 valence electrons. The van der Waals surface area contributed by atoms with Gasteiger partial charge in [-0.15, -0.1) is 0 Å². The van der Waals surface area contributed by atoms with E-state index in [2.05, 4.69) is 15.0 Å². The Bertz CT molecular complexity index is 688. The van der Waals surface area contributed by atoms with Crippen molar-refractivity contribution in [2.24, 2.45) is 0 Å². The SMILES string of the molecule is Cc1nccc(-c2c[nH]c3c(F)cccc23)n1. The maximum absolute atomic E-state index is 13.5. The van der Waals surface area contributed by atoms with E-state index in [1.54, 1.807) is 18.5 Å². The minimum absolute atomic E-state index is 0.250. The highest BCUT2D eigenvalue weighted by Crippen LogP contribution is 2.28. The third kappa shape index (κ3) is 1.58. The van der Waals surface area contributed by atoms with Gasteiger partial charge in [-0.2, -0.15) is 0 Å². The van der Waals surface area contributed by atoms with E-state index >= 15 is 0 Å². The average molecular weight is 227 g/mol. The number of H-pyrrole nitrogens is 1. The number of aromatic amines is 1. The molecule has 0 amide bonds. The summed E-state index contributed by atoms with van der Waals surface area (Å²) in [4.78, 5) is 11.3. The van der Waals surface area contributed by atoms with Gasteiger partial charge in [0.15, 0.2) is 0 Å². The van der Waals surface area contributed by atoms with Crippen LogP contribution in [0, 0.1) is 12.7 Å². The van der Waals surface area contributed by atoms with Crippen molar-refractivity contribution in [2.75, 3.05) is 0 Å². The summed E-state index contributed by atoms with van der Waals surface area (Å²) in [5, 5.41) is 0.836. The fourth-order valence-electron chi connectivity index (χ4n) is 1.94. The van der Waals surface area contributed by atoms with Gasteiger partial charge >= 0.3 is 0 Å². The van der Waals surface area contributed by atoms with Gasteiger partial charge in [-0.3, -0.25) is 0 Å². The second kappa shape index (κ2) is 3.66. The van der Waals surface area contributed by atoms with Gasteiger partial charge in [-0.05, 0) is 19.1 Å². The molecule has 1 N–H and O–H groups in total. The van der Waals surface area contributed by atoms with Crippen LogP contribution in [0.15, 0.2) is 36.7 Å². The smallest absolute Gasteiger partial charge is 0.147 e. The lowest BCUT2D eigenvalue weighted by Crippen LogP contribution is -1.88. The van der Waals surface area contributed by atoms with Crippen LogP contribution in [-0.2, 0) is 0 Å². The summed E-state index contributed by atoms with van der Waals surface area (Å²) in [6, 6.07) is 6.83. The number of hydrogen-bond acceptors (Lipinski definition) is 2. The zero-order valence-corrected chi connectivity index (χ0v) is 9.24. The number of nitrogens with zero attached hydrogens (tertiary/aromatic N) is 2. The van der Waals surface area contributed by atoms with Gasteiger partial charge in [-0.1, -0.05) is 12.1 Å². The molecular formula is C13H10FN3. The fourth-order valence-corrected chi connectivity index (χ4v) is 1.94. The minimum Gasteiger partial charge on any atom is -0.358 e. The summed E-state index contributed by atoms with van der Waals surface area (Å²) in [6.07, 6.45) is 3.48. The molecule has 0 radical (unpaired) electrons. The molecule has 3 nitrogen and oxygen atoms in total. The van der Waals surface area contributed by atoms with Crippen molar-refractivity contribution >= 4 is 10.9 Å². The number of benzene rings is 1. The van der Waals surface area contributed by atoms with Crippen LogP contribution in [0.2, 0.25) is 0 Å². The van der Waals surface area contributed by atoms with Crippen LogP contribution in [0.25, 0.3) is 22.2 Å². The van der Waals surface area contributed by atoms with Gasteiger partial charge in [0.2, 0.25) is 0 Å². The lowest BCUT2D eigenvalue weighted by atomic mass is 10.1. The van der Waals surface area contributed by atoms with Gasteiger partial charge in [0, 0.05) is 23.3 Å². The highest BCUT2D eigenvalue weighted by atomic mass is 19.1. The first-order valence-electron chi connectivity index (χ1n) is 5.31. The standard InChI is InChI=1S/C13H10FN3/c1-8-15-6-5-12(17-8)10-7-16-13-9(10)3-2-4-11(13)14/h2-7,16H,1H3. The van der Waals surface area contributed by atoms with Gasteiger partial charge in [0.25, 0.3) is 0 Å². The van der Waals surface area contributed by atoms with E-state index in [4.69, 9.17) is 0 Å². The van der Waals surface area contributed by atoms with Crippen LogP contribution in [0.1, 0.15) is 5.82 Å². The maximum Gasteiger partial charge on any atom is 0.147 e. The van der Waals surface area contributed by atoms with E-state index in [9.17, 15) is 4.39 Å². The molecule has 1 aromatic carbocycles. The maximum atomic E-state index is 13.5. The van der Waals surface area contributed by atoms with E-state index in [-0.39, 0.29) is 5.82 Å². The molecule has 2 heterocycles. The first-order chi connectivity index (χ1) is 8.25. The Hall–Kier alpha value is -2.23. The molecule has 0 aliphatic heterocycles. The summed E-state index contributed by atoms with van der Waals surface area (Å²) in [5.74, 6) is 0.452. The van der Waals surface area contributed by atoms with E-state index in [0.717, 1.165) is 16.6 Å². The van der Waals surface area contributed by atoms with Crippen molar-refractivity contribution in [1.82, 2.24) is 15.0 Å². The highest BCUT2D eigenvalue weighted by molar-refractivity contribution is 5.94. The van der Waals surface area contributed by atoms with Crippen molar-refractivity contribution in [2.45, 2.75) is 6.92 Å². The van der Waals surface area contributed by atoms with E-state index in [1.165, 1.54) is 6.07 Å². The molecule has 4 heteroatoms. The Labute approximate surface area is 97.3 Å². The highest BCUT2D eigenvalue weighted by Gasteiger charge is 2.09. The summed E-state index contributed by atoms with van der Waals surface area (Å²) >= 11 is 0. The van der Waals surface area contributed by atoms with Crippen molar-refractivity contribution in [3.8, 4) is 11.3 Å². The third-order valence-corrected chi connectivity index (χ3v) is 2.72. The molecular weight excluding hydrogens is 217 g/mol. The summed E-state index contributed by atoms with van der Waals surface area (Å²) < 4.78 is 13.5. The molecule has 3 rings (SSSR count). The molecule has 0 bridgehead atoms. The zero-order valence-electron chi connectivity index (χ0n) is 9.24. The van der Waals surface area contributed by atoms with Crippen molar-refractivity contribution in [1.29, 1.82) is 0 Å². The molecule has 0 unspecified atom stereocenters. The molecule has 0 fully saturated rings. The third-order valence-electron chi connectivity index (χ3n) is 2.72. The normalized spacial score (nSPS) is 10.9. The number of fused-ring (bicyclic) bond motifs is 1. The fraction of sp³-hybridized carbons (Fsp3) is 0.0769. The lowest BCUT2D eigenvalue weighted by Gasteiger charge is -1.99. The van der Waals surface area contributed by atoms with E-state index in [1.807, 2.05) is 19.1 Å². The first-order valence-corrected chi connectivity index (χ1v) is 5.31. The lowest BCUT2D eigenvalue weighted by molar-refractivity contribution is 0.637. The average Bonchev–Trinajstić information content (AvgIpc) is 2.74. The molecule has 0 spiro atoms. The summed E-state index contributed by atoms with van der Waals surface area (Å²) in [7, 11) is 0. The number of rotatable bonds is 1. The molecule has 0 saturated carbocycles. The predicted molar refractivity (Wildman–Crippen MR) is 64.0 cm³/mol. The molecule has 0 aliphatic rings. The minimum atomic E-state index is -0.250. The molecule has 0 atom stereocenters. The van der Waals surface area contributed by atoms with Crippen LogP contribution in [0.3, 0.4) is 0 Å². The second-order valence-corrected chi connectivity index (χ2v) is 3.85. The molecule has 17 heavy (non-hydrogen) atoms. The van der Waals surface area contributed by atoms with Gasteiger partial charge < -0.3 is 4.98 Å². The summed E-state index contributed by atoms with van der Waals surface area (Å²) in [6.45, 7) is 1.83. The molecule has 0 saturated heterocycles. The van der Waals surface area contributed by atoms with Crippen LogP contribution >= 0.6 is 0 Å². The van der Waals surface area contributed by atoms with Crippen molar-refractivity contribution < 1.29 is 4.39 Å². The van der Waals surface area contributed by atoms with Crippen LogP contribution in [0.4, 0.5) is 4.39 Å². The van der Waals surface area contributed by atoms with Crippen molar-refractivity contribution in [3.63, 3.8) is 0 Å².